The number of anilines is 1. The van der Waals surface area contributed by atoms with Crippen LogP contribution in [0, 0.1) is 17.1 Å². The van der Waals surface area contributed by atoms with Gasteiger partial charge in [-0.1, -0.05) is 36.4 Å². The molecule has 35 heavy (non-hydrogen) atoms. The summed E-state index contributed by atoms with van der Waals surface area (Å²) < 4.78 is 54.3. The average Bonchev–Trinajstić information content (AvgIpc) is 2.86. The highest BCUT2D eigenvalue weighted by atomic mass is 32.2. The maximum Gasteiger partial charge on any atom is 0.265 e. The van der Waals surface area contributed by atoms with Crippen LogP contribution in [0.15, 0.2) is 89.2 Å². The van der Waals surface area contributed by atoms with Gasteiger partial charge in [-0.25, -0.2) is 12.8 Å². The molecule has 7 nitrogen and oxygen atoms in total. The molecule has 2 heterocycles. The van der Waals surface area contributed by atoms with E-state index < -0.39 is 21.8 Å². The number of rotatable bonds is 4. The lowest BCUT2D eigenvalue weighted by molar-refractivity contribution is 0.357. The Kier molecular flexibility index (Phi) is 5.46. The average molecular weight is 490 g/mol. The zero-order valence-corrected chi connectivity index (χ0v) is 19.4. The molecule has 0 amide bonds. The molecule has 2 aliphatic rings. The Labute approximate surface area is 202 Å². The van der Waals surface area contributed by atoms with E-state index >= 15 is 0 Å². The van der Waals surface area contributed by atoms with Gasteiger partial charge < -0.3 is 15.2 Å². The first-order chi connectivity index (χ1) is 16.8. The van der Waals surface area contributed by atoms with E-state index in [1.54, 1.807) is 55.6 Å². The fourth-order valence-electron chi connectivity index (χ4n) is 4.36. The van der Waals surface area contributed by atoms with Crippen molar-refractivity contribution in [3.05, 3.63) is 112 Å². The van der Waals surface area contributed by atoms with E-state index in [9.17, 15) is 18.1 Å². The highest BCUT2D eigenvalue weighted by Crippen LogP contribution is 2.51. The molecule has 0 fully saturated rings. The van der Waals surface area contributed by atoms with Crippen LogP contribution in [-0.2, 0) is 21.3 Å². The Balaban J connectivity index is 1.72. The lowest BCUT2D eigenvalue weighted by Gasteiger charge is -2.38. The summed E-state index contributed by atoms with van der Waals surface area (Å²) in [6, 6.07) is 21.3. The Morgan fingerprint density at radius 1 is 1.09 bits per heavy atom. The summed E-state index contributed by atoms with van der Waals surface area (Å²) in [6.07, 6.45) is 0. The number of nitrogens with zero attached hydrogens (tertiary/aromatic N) is 2. The minimum Gasteiger partial charge on any atom is -0.497 e. The topological polar surface area (TPSA) is 106 Å². The normalized spacial score (nSPS) is 18.3. The second-order valence-electron chi connectivity index (χ2n) is 8.05. The van der Waals surface area contributed by atoms with Crippen LogP contribution in [0.4, 0.5) is 10.1 Å². The third-order valence-electron chi connectivity index (χ3n) is 6.05. The molecule has 0 bridgehead atoms. The molecule has 3 aromatic rings. The van der Waals surface area contributed by atoms with Crippen LogP contribution in [0.25, 0.3) is 5.76 Å². The minimum absolute atomic E-state index is 0.0390. The lowest BCUT2D eigenvalue weighted by atomic mass is 9.88. The van der Waals surface area contributed by atoms with Crippen LogP contribution in [0.3, 0.4) is 0 Å². The van der Waals surface area contributed by atoms with Crippen molar-refractivity contribution in [2.24, 2.45) is 5.73 Å². The zero-order valence-electron chi connectivity index (χ0n) is 18.6. The molecule has 0 radical (unpaired) electrons. The van der Waals surface area contributed by atoms with Gasteiger partial charge in [-0.15, -0.1) is 0 Å². The number of allylic oxidation sites excluding steroid dienone is 2. The largest absolute Gasteiger partial charge is 0.497 e. The number of methoxy groups -OCH3 is 1. The first-order valence-corrected chi connectivity index (χ1v) is 12.1. The Bertz CT molecular complexity index is 1520. The van der Waals surface area contributed by atoms with Crippen LogP contribution < -0.4 is 14.8 Å². The Morgan fingerprint density at radius 2 is 1.77 bits per heavy atom. The van der Waals surface area contributed by atoms with E-state index in [1.807, 2.05) is 6.07 Å². The van der Waals surface area contributed by atoms with Crippen molar-refractivity contribution < 1.29 is 22.3 Å². The quantitative estimate of drug-likeness (QED) is 0.584. The first kappa shape index (κ1) is 22.5. The molecule has 1 unspecified atom stereocenters. The molecular formula is C26H20FN3O4S. The molecular weight excluding hydrogens is 469 g/mol. The highest BCUT2D eigenvalue weighted by Gasteiger charge is 2.47. The van der Waals surface area contributed by atoms with E-state index in [2.05, 4.69) is 0 Å². The lowest BCUT2D eigenvalue weighted by Crippen LogP contribution is -2.39. The summed E-state index contributed by atoms with van der Waals surface area (Å²) in [5.74, 6) is -1.01. The van der Waals surface area contributed by atoms with Crippen LogP contribution >= 0.6 is 0 Å². The summed E-state index contributed by atoms with van der Waals surface area (Å²) in [5, 5.41) is 9.87. The SMILES string of the molecule is COc1ccc(CN2c3ccccc3C3=C(C(c4ccc(F)cc4)C(C#N)=C(N)O3)S2(=O)=O)cc1. The number of fused-ring (bicyclic) bond motifs is 2. The number of benzene rings is 3. The number of hydrogen-bond acceptors (Lipinski definition) is 6. The Hall–Kier alpha value is -4.29. The van der Waals surface area contributed by atoms with Crippen molar-refractivity contribution in [3.8, 4) is 11.8 Å². The number of sulfonamides is 1. The summed E-state index contributed by atoms with van der Waals surface area (Å²) >= 11 is 0. The number of ether oxygens (including phenoxy) is 2. The van der Waals surface area contributed by atoms with Gasteiger partial charge in [0, 0.05) is 5.56 Å². The number of hydrogen-bond donors (Lipinski definition) is 1. The van der Waals surface area contributed by atoms with Crippen LogP contribution in [0.2, 0.25) is 0 Å². The van der Waals surface area contributed by atoms with Crippen LogP contribution in [0.1, 0.15) is 22.6 Å². The third kappa shape index (κ3) is 3.68. The smallest absolute Gasteiger partial charge is 0.265 e. The van der Waals surface area contributed by atoms with Crippen molar-refractivity contribution in [3.63, 3.8) is 0 Å². The number of nitriles is 1. The standard InChI is InChI=1S/C26H20FN3O4S/c1-33-19-12-6-16(7-13-19)15-30-22-5-3-2-4-20(22)24-25(35(30,31)32)23(21(14-28)26(29)34-24)17-8-10-18(27)11-9-17/h2-13,23H,15,29H2,1H3. The fraction of sp³-hybridized carbons (Fsp3) is 0.115. The summed E-state index contributed by atoms with van der Waals surface area (Å²) in [4.78, 5) is -0.109. The monoisotopic (exact) mass is 489 g/mol. The van der Waals surface area contributed by atoms with E-state index in [4.69, 9.17) is 15.2 Å². The highest BCUT2D eigenvalue weighted by molar-refractivity contribution is 7.96. The molecule has 9 heteroatoms. The first-order valence-electron chi connectivity index (χ1n) is 10.7. The Morgan fingerprint density at radius 3 is 2.43 bits per heavy atom. The number of nitrogens with two attached hydrogens (primary N) is 1. The van der Waals surface area contributed by atoms with Crippen molar-refractivity contribution >= 4 is 21.5 Å². The number of halogens is 1. The minimum atomic E-state index is -4.20. The number of para-hydroxylation sites is 1. The second-order valence-corrected chi connectivity index (χ2v) is 9.88. The van der Waals surface area contributed by atoms with Gasteiger partial charge in [0.1, 0.15) is 28.1 Å². The van der Waals surface area contributed by atoms with Gasteiger partial charge in [0.2, 0.25) is 5.88 Å². The van der Waals surface area contributed by atoms with Gasteiger partial charge in [-0.3, -0.25) is 4.31 Å². The van der Waals surface area contributed by atoms with E-state index in [0.29, 0.717) is 22.6 Å². The maximum absolute atomic E-state index is 14.2. The zero-order chi connectivity index (χ0) is 24.7. The molecule has 1 atom stereocenters. The molecule has 5 rings (SSSR count). The van der Waals surface area contributed by atoms with Crippen LogP contribution in [0.5, 0.6) is 5.75 Å². The predicted molar refractivity (Wildman–Crippen MR) is 129 cm³/mol. The molecule has 0 saturated carbocycles. The molecule has 0 spiro atoms. The summed E-state index contributed by atoms with van der Waals surface area (Å²) in [5.41, 5.74) is 8.13. The van der Waals surface area contributed by atoms with E-state index in [0.717, 1.165) is 5.56 Å². The van der Waals surface area contributed by atoms with Gasteiger partial charge in [0.15, 0.2) is 5.76 Å². The van der Waals surface area contributed by atoms with Crippen molar-refractivity contribution in [2.75, 3.05) is 11.4 Å². The van der Waals surface area contributed by atoms with E-state index in [-0.39, 0.29) is 28.7 Å². The summed E-state index contributed by atoms with van der Waals surface area (Å²) in [7, 11) is -2.65. The molecule has 176 valence electrons. The predicted octanol–water partition coefficient (Wildman–Crippen LogP) is 4.36. The van der Waals surface area contributed by atoms with Gasteiger partial charge in [-0.2, -0.15) is 5.26 Å². The molecule has 3 aromatic carbocycles. The summed E-state index contributed by atoms with van der Waals surface area (Å²) in [6.45, 7) is 0.0390. The van der Waals surface area contributed by atoms with Crippen molar-refractivity contribution in [1.82, 2.24) is 0 Å². The molecule has 0 saturated heterocycles. The third-order valence-corrected chi connectivity index (χ3v) is 7.93. The maximum atomic E-state index is 14.2. The van der Waals surface area contributed by atoms with Crippen LogP contribution in [-0.4, -0.2) is 15.5 Å². The van der Waals surface area contributed by atoms with Crippen molar-refractivity contribution in [1.29, 1.82) is 5.26 Å². The molecule has 2 aliphatic heterocycles. The van der Waals surface area contributed by atoms with Gasteiger partial charge in [0.25, 0.3) is 10.0 Å². The van der Waals surface area contributed by atoms with Gasteiger partial charge in [0.05, 0.1) is 25.3 Å². The molecule has 2 N–H and O–H groups in total. The van der Waals surface area contributed by atoms with Gasteiger partial charge >= 0.3 is 0 Å². The molecule has 0 aliphatic carbocycles. The second kappa shape index (κ2) is 8.49. The van der Waals surface area contributed by atoms with Gasteiger partial charge in [-0.05, 0) is 47.5 Å². The molecule has 0 aromatic heterocycles. The van der Waals surface area contributed by atoms with Crippen molar-refractivity contribution in [2.45, 2.75) is 12.5 Å². The fourth-order valence-corrected chi connectivity index (χ4v) is 6.28. The van der Waals surface area contributed by atoms with E-state index in [1.165, 1.54) is 28.6 Å².